The summed E-state index contributed by atoms with van der Waals surface area (Å²) < 4.78 is 10.8. The van der Waals surface area contributed by atoms with Crippen molar-refractivity contribution in [2.45, 2.75) is 19.3 Å². The Bertz CT molecular complexity index is 1250. The van der Waals surface area contributed by atoms with E-state index < -0.39 is 36.6 Å². The molecule has 10 nitrogen and oxygen atoms in total. The Hall–Kier alpha value is -4.86. The molecule has 0 spiro atoms. The number of carboxylic acid groups (broad SMARTS) is 1. The molecule has 0 saturated carbocycles. The van der Waals surface area contributed by atoms with Gasteiger partial charge >= 0.3 is 18.1 Å². The highest BCUT2D eigenvalue weighted by atomic mass is 16.5. The quantitative estimate of drug-likeness (QED) is 0.429. The van der Waals surface area contributed by atoms with E-state index in [1.54, 1.807) is 36.4 Å². The molecule has 0 bridgehead atoms. The summed E-state index contributed by atoms with van der Waals surface area (Å²) in [4.78, 5) is 50.9. The number of ether oxygens (including phenoxy) is 2. The summed E-state index contributed by atoms with van der Waals surface area (Å²) in [5, 5.41) is 11.7. The van der Waals surface area contributed by atoms with Crippen molar-refractivity contribution in [2.24, 2.45) is 0 Å². The highest BCUT2D eigenvalue weighted by Crippen LogP contribution is 2.23. The zero-order valence-corrected chi connectivity index (χ0v) is 19.8. The lowest BCUT2D eigenvalue weighted by molar-refractivity contribution is -0.139. The van der Waals surface area contributed by atoms with Crippen LogP contribution in [-0.2, 0) is 27.5 Å². The molecule has 1 fully saturated rings. The SMILES string of the molecule is O=C(O)CN(C(=O)N1CC(NC(=O)OCc2ccccc2)C1=O)c1ccc(OCc2ccccc2)cc1. The Morgan fingerprint density at radius 3 is 2.05 bits per heavy atom. The highest BCUT2D eigenvalue weighted by molar-refractivity contribution is 6.09. The van der Waals surface area contributed by atoms with E-state index in [0.29, 0.717) is 12.4 Å². The van der Waals surface area contributed by atoms with Crippen LogP contribution in [0.25, 0.3) is 0 Å². The number of imide groups is 1. The molecule has 1 heterocycles. The van der Waals surface area contributed by atoms with E-state index in [9.17, 15) is 24.3 Å². The van der Waals surface area contributed by atoms with Gasteiger partial charge in [0.05, 0.1) is 6.54 Å². The third kappa shape index (κ3) is 6.63. The van der Waals surface area contributed by atoms with E-state index in [4.69, 9.17) is 9.47 Å². The lowest BCUT2D eigenvalue weighted by atomic mass is 10.1. The Balaban J connectivity index is 1.32. The van der Waals surface area contributed by atoms with E-state index in [-0.39, 0.29) is 18.8 Å². The zero-order chi connectivity index (χ0) is 26.2. The second-order valence-corrected chi connectivity index (χ2v) is 8.24. The minimum absolute atomic E-state index is 0.0354. The van der Waals surface area contributed by atoms with Gasteiger partial charge in [0.1, 0.15) is 31.5 Å². The summed E-state index contributed by atoms with van der Waals surface area (Å²) in [5.41, 5.74) is 2.05. The number of likely N-dealkylation sites (tertiary alicyclic amines) is 1. The third-order valence-corrected chi connectivity index (χ3v) is 5.59. The van der Waals surface area contributed by atoms with Crippen molar-refractivity contribution in [3.05, 3.63) is 96.1 Å². The lowest BCUT2D eigenvalue weighted by Crippen LogP contribution is -2.67. The van der Waals surface area contributed by atoms with Crippen molar-refractivity contribution in [3.63, 3.8) is 0 Å². The van der Waals surface area contributed by atoms with Crippen LogP contribution in [0.1, 0.15) is 11.1 Å². The summed E-state index contributed by atoms with van der Waals surface area (Å²) in [7, 11) is 0. The number of urea groups is 1. The third-order valence-electron chi connectivity index (χ3n) is 5.59. The van der Waals surface area contributed by atoms with Gasteiger partial charge in [-0.1, -0.05) is 60.7 Å². The van der Waals surface area contributed by atoms with Gasteiger partial charge in [-0.2, -0.15) is 0 Å². The van der Waals surface area contributed by atoms with Crippen LogP contribution < -0.4 is 15.0 Å². The molecule has 2 N–H and O–H groups in total. The zero-order valence-electron chi connectivity index (χ0n) is 19.8. The van der Waals surface area contributed by atoms with Crippen LogP contribution in [-0.4, -0.2) is 53.1 Å². The van der Waals surface area contributed by atoms with Crippen LogP contribution in [0.4, 0.5) is 15.3 Å². The van der Waals surface area contributed by atoms with Crippen molar-refractivity contribution < 1.29 is 33.8 Å². The number of hydrogen-bond donors (Lipinski definition) is 2. The van der Waals surface area contributed by atoms with Crippen LogP contribution in [0.3, 0.4) is 0 Å². The Kier molecular flexibility index (Phi) is 7.99. The predicted molar refractivity (Wildman–Crippen MR) is 133 cm³/mol. The minimum atomic E-state index is -1.25. The monoisotopic (exact) mass is 503 g/mol. The van der Waals surface area contributed by atoms with E-state index >= 15 is 0 Å². The van der Waals surface area contributed by atoms with Crippen LogP contribution in [0.2, 0.25) is 0 Å². The van der Waals surface area contributed by atoms with Crippen molar-refractivity contribution in [1.29, 1.82) is 0 Å². The number of rotatable bonds is 9. The number of nitrogens with zero attached hydrogens (tertiary/aromatic N) is 2. The van der Waals surface area contributed by atoms with E-state index in [0.717, 1.165) is 20.9 Å². The fourth-order valence-corrected chi connectivity index (χ4v) is 3.63. The molecule has 3 aromatic rings. The van der Waals surface area contributed by atoms with Gasteiger partial charge in [0.15, 0.2) is 0 Å². The Morgan fingerprint density at radius 1 is 0.892 bits per heavy atom. The number of benzene rings is 3. The van der Waals surface area contributed by atoms with Gasteiger partial charge in [0.2, 0.25) is 0 Å². The van der Waals surface area contributed by atoms with Crippen LogP contribution in [0, 0.1) is 0 Å². The van der Waals surface area contributed by atoms with Crippen LogP contribution in [0.15, 0.2) is 84.9 Å². The van der Waals surface area contributed by atoms with Gasteiger partial charge in [0.25, 0.3) is 5.91 Å². The smallest absolute Gasteiger partial charge is 0.408 e. The number of carbonyl (C=O) groups excluding carboxylic acids is 3. The number of carboxylic acids is 1. The summed E-state index contributed by atoms with van der Waals surface area (Å²) in [5.74, 6) is -1.36. The number of anilines is 1. The molecule has 0 radical (unpaired) electrons. The molecular formula is C27H25N3O7. The molecular weight excluding hydrogens is 478 g/mol. The molecule has 0 aliphatic carbocycles. The maximum atomic E-state index is 13.0. The van der Waals surface area contributed by atoms with Gasteiger partial charge in [-0.25, -0.2) is 9.59 Å². The van der Waals surface area contributed by atoms with E-state index in [1.165, 1.54) is 0 Å². The number of β-lactam (4-membered cyclic amide) rings is 1. The van der Waals surface area contributed by atoms with E-state index in [2.05, 4.69) is 5.32 Å². The maximum Gasteiger partial charge on any atom is 0.408 e. The van der Waals surface area contributed by atoms with Crippen molar-refractivity contribution in [1.82, 2.24) is 10.2 Å². The molecule has 1 unspecified atom stereocenters. The summed E-state index contributed by atoms with van der Waals surface area (Å²) in [6.45, 7) is -0.368. The number of nitrogens with one attached hydrogen (secondary N) is 1. The number of carbonyl (C=O) groups is 4. The molecule has 190 valence electrons. The van der Waals surface area contributed by atoms with Gasteiger partial charge in [-0.3, -0.25) is 19.4 Å². The molecule has 1 atom stereocenters. The minimum Gasteiger partial charge on any atom is -0.489 e. The first-order valence-electron chi connectivity index (χ1n) is 11.5. The normalized spacial score (nSPS) is 14.3. The topological polar surface area (TPSA) is 125 Å². The maximum absolute atomic E-state index is 13.0. The Morgan fingerprint density at radius 2 is 1.49 bits per heavy atom. The summed E-state index contributed by atoms with van der Waals surface area (Å²) >= 11 is 0. The number of alkyl carbamates (subject to hydrolysis) is 1. The molecule has 4 amide bonds. The molecule has 0 aromatic heterocycles. The van der Waals surface area contributed by atoms with Gasteiger partial charge in [-0.05, 0) is 35.4 Å². The molecule has 3 aromatic carbocycles. The second kappa shape index (κ2) is 11.7. The van der Waals surface area contributed by atoms with Gasteiger partial charge in [0, 0.05) is 5.69 Å². The average Bonchev–Trinajstić information content (AvgIpc) is 2.92. The number of hydrogen-bond acceptors (Lipinski definition) is 6. The first kappa shape index (κ1) is 25.2. The predicted octanol–water partition coefficient (Wildman–Crippen LogP) is 3.41. The summed E-state index contributed by atoms with van der Waals surface area (Å²) in [6, 6.07) is 23.2. The molecule has 10 heteroatoms. The van der Waals surface area contributed by atoms with Crippen molar-refractivity contribution >= 4 is 29.7 Å². The summed E-state index contributed by atoms with van der Waals surface area (Å²) in [6.07, 6.45) is -0.789. The molecule has 1 saturated heterocycles. The highest BCUT2D eigenvalue weighted by Gasteiger charge is 2.44. The molecule has 37 heavy (non-hydrogen) atoms. The Labute approximate surface area is 213 Å². The second-order valence-electron chi connectivity index (χ2n) is 8.24. The first-order chi connectivity index (χ1) is 17.9. The number of amides is 4. The number of aliphatic carboxylic acids is 1. The fourth-order valence-electron chi connectivity index (χ4n) is 3.63. The fraction of sp³-hybridized carbons (Fsp3) is 0.185. The molecule has 1 aliphatic heterocycles. The first-order valence-corrected chi connectivity index (χ1v) is 11.5. The lowest BCUT2D eigenvalue weighted by Gasteiger charge is -2.39. The van der Waals surface area contributed by atoms with Crippen molar-refractivity contribution in [2.75, 3.05) is 18.0 Å². The molecule has 1 aliphatic rings. The van der Waals surface area contributed by atoms with Crippen LogP contribution in [0.5, 0.6) is 5.75 Å². The van der Waals surface area contributed by atoms with Gasteiger partial charge in [-0.15, -0.1) is 0 Å². The van der Waals surface area contributed by atoms with Crippen molar-refractivity contribution in [3.8, 4) is 5.75 Å². The standard InChI is InChI=1S/C27H25N3O7/c31-24(32)16-29(21-11-13-22(14-12-21)36-17-19-7-3-1-4-8-19)27(35)30-15-23(25(30)33)28-26(34)37-18-20-9-5-2-6-10-20/h1-14,23H,15-18H2,(H,28,34)(H,31,32). The largest absolute Gasteiger partial charge is 0.489 e. The molecule has 4 rings (SSSR count). The van der Waals surface area contributed by atoms with Gasteiger partial charge < -0.3 is 19.9 Å². The average molecular weight is 504 g/mol. The van der Waals surface area contributed by atoms with E-state index in [1.807, 2.05) is 48.5 Å². The van der Waals surface area contributed by atoms with Crippen LogP contribution >= 0.6 is 0 Å².